The summed E-state index contributed by atoms with van der Waals surface area (Å²) in [6.07, 6.45) is -0.685. The Balaban J connectivity index is 1.79. The van der Waals surface area contributed by atoms with Crippen LogP contribution in [-0.2, 0) is 16.1 Å². The molecule has 0 spiro atoms. The van der Waals surface area contributed by atoms with Gasteiger partial charge in [-0.05, 0) is 11.6 Å². The highest BCUT2D eigenvalue weighted by atomic mass is 16.6. The number of carbonyl (C=O) groups is 2. The second-order valence-corrected chi connectivity index (χ2v) is 4.68. The zero-order chi connectivity index (χ0) is 14.8. The molecule has 4 heteroatoms. The summed E-state index contributed by atoms with van der Waals surface area (Å²) >= 11 is 0. The van der Waals surface area contributed by atoms with E-state index >= 15 is 0 Å². The van der Waals surface area contributed by atoms with Gasteiger partial charge in [-0.25, -0.2) is 9.69 Å². The number of ether oxygens (including phenoxy) is 1. The average Bonchev–Trinajstić information content (AvgIpc) is 2.78. The van der Waals surface area contributed by atoms with Crippen LogP contribution in [0.2, 0.25) is 0 Å². The van der Waals surface area contributed by atoms with Gasteiger partial charge in [-0.2, -0.15) is 0 Å². The predicted octanol–water partition coefficient (Wildman–Crippen LogP) is 3.38. The fraction of sp³-hybridized carbons (Fsp3) is 0.0588. The van der Waals surface area contributed by atoms with Gasteiger partial charge in [0.15, 0.2) is 0 Å². The molecule has 0 aliphatic carbocycles. The van der Waals surface area contributed by atoms with Crippen LogP contribution in [-0.4, -0.2) is 12.0 Å². The van der Waals surface area contributed by atoms with Crippen LogP contribution in [0.1, 0.15) is 11.1 Å². The lowest BCUT2D eigenvalue weighted by molar-refractivity contribution is -0.112. The van der Waals surface area contributed by atoms with Crippen LogP contribution < -0.4 is 4.90 Å². The van der Waals surface area contributed by atoms with Gasteiger partial charge in [0.1, 0.15) is 6.61 Å². The zero-order valence-corrected chi connectivity index (χ0v) is 11.3. The van der Waals surface area contributed by atoms with Gasteiger partial charge in [-0.15, -0.1) is 0 Å². The molecule has 0 unspecified atom stereocenters. The maximum Gasteiger partial charge on any atom is 0.421 e. The fourth-order valence-electron chi connectivity index (χ4n) is 2.25. The molecule has 104 valence electrons. The lowest BCUT2D eigenvalue weighted by Crippen LogP contribution is -2.33. The maximum absolute atomic E-state index is 12.2. The number of fused-ring (bicyclic) bond motifs is 1. The number of benzene rings is 2. The van der Waals surface area contributed by atoms with Crippen molar-refractivity contribution in [2.24, 2.45) is 0 Å². The van der Waals surface area contributed by atoms with Crippen LogP contribution in [0.15, 0.2) is 61.2 Å². The molecule has 0 radical (unpaired) electrons. The third kappa shape index (κ3) is 2.31. The van der Waals surface area contributed by atoms with Gasteiger partial charge >= 0.3 is 6.09 Å². The Morgan fingerprint density at radius 2 is 1.71 bits per heavy atom. The molecular weight excluding hydrogens is 266 g/mol. The molecule has 0 bridgehead atoms. The van der Waals surface area contributed by atoms with Crippen molar-refractivity contribution in [2.75, 3.05) is 4.90 Å². The van der Waals surface area contributed by atoms with E-state index < -0.39 is 12.0 Å². The summed E-state index contributed by atoms with van der Waals surface area (Å²) in [5, 5.41) is 0. The van der Waals surface area contributed by atoms with Crippen molar-refractivity contribution in [3.05, 3.63) is 72.3 Å². The van der Waals surface area contributed by atoms with Crippen molar-refractivity contribution in [2.45, 2.75) is 6.61 Å². The minimum atomic E-state index is -0.685. The topological polar surface area (TPSA) is 46.6 Å². The summed E-state index contributed by atoms with van der Waals surface area (Å²) in [7, 11) is 0. The van der Waals surface area contributed by atoms with E-state index in [4.69, 9.17) is 4.74 Å². The molecule has 2 aromatic carbocycles. The van der Waals surface area contributed by atoms with Crippen LogP contribution in [0.25, 0.3) is 5.57 Å². The van der Waals surface area contributed by atoms with Crippen molar-refractivity contribution in [3.63, 3.8) is 0 Å². The SMILES string of the molecule is C=C1C(=O)N(C(=O)OCc2ccccc2)c2ccccc21. The van der Waals surface area contributed by atoms with Crippen LogP contribution >= 0.6 is 0 Å². The second kappa shape index (κ2) is 5.25. The van der Waals surface area contributed by atoms with Crippen molar-refractivity contribution >= 4 is 23.3 Å². The minimum absolute atomic E-state index is 0.123. The van der Waals surface area contributed by atoms with Gasteiger partial charge in [0, 0.05) is 11.1 Å². The van der Waals surface area contributed by atoms with E-state index in [0.717, 1.165) is 10.5 Å². The molecule has 1 heterocycles. The second-order valence-electron chi connectivity index (χ2n) is 4.68. The van der Waals surface area contributed by atoms with E-state index in [1.54, 1.807) is 24.3 Å². The van der Waals surface area contributed by atoms with E-state index in [9.17, 15) is 9.59 Å². The number of hydrogen-bond acceptors (Lipinski definition) is 3. The number of amides is 2. The Labute approximate surface area is 122 Å². The summed E-state index contributed by atoms with van der Waals surface area (Å²) in [6.45, 7) is 3.85. The number of hydrogen-bond donors (Lipinski definition) is 0. The predicted molar refractivity (Wildman–Crippen MR) is 79.6 cm³/mol. The standard InChI is InChI=1S/C17H13NO3/c1-12-14-9-5-6-10-15(14)18(16(12)19)17(20)21-11-13-7-3-2-4-8-13/h2-10H,1,11H2. The molecule has 0 saturated heterocycles. The first-order valence-electron chi connectivity index (χ1n) is 6.52. The van der Waals surface area contributed by atoms with E-state index in [0.29, 0.717) is 16.8 Å². The molecule has 2 amide bonds. The number of imide groups is 1. The lowest BCUT2D eigenvalue weighted by Gasteiger charge is -2.15. The van der Waals surface area contributed by atoms with Gasteiger partial charge in [0.05, 0.1) is 5.69 Å². The van der Waals surface area contributed by atoms with Crippen molar-refractivity contribution < 1.29 is 14.3 Å². The molecular formula is C17H13NO3. The lowest BCUT2D eigenvalue weighted by atomic mass is 10.1. The molecule has 1 aliphatic heterocycles. The van der Waals surface area contributed by atoms with Crippen LogP contribution in [0.5, 0.6) is 0 Å². The zero-order valence-electron chi connectivity index (χ0n) is 11.3. The first kappa shape index (κ1) is 13.1. The van der Waals surface area contributed by atoms with Crippen LogP contribution in [0.3, 0.4) is 0 Å². The van der Waals surface area contributed by atoms with Gasteiger partial charge in [-0.1, -0.05) is 55.1 Å². The number of rotatable bonds is 2. The Kier molecular flexibility index (Phi) is 3.28. The summed E-state index contributed by atoms with van der Waals surface area (Å²) in [6, 6.07) is 16.4. The first-order valence-corrected chi connectivity index (χ1v) is 6.52. The Morgan fingerprint density at radius 1 is 1.05 bits per heavy atom. The number of carbonyl (C=O) groups excluding carboxylic acids is 2. The Morgan fingerprint density at radius 3 is 2.48 bits per heavy atom. The largest absolute Gasteiger partial charge is 0.444 e. The number of para-hydroxylation sites is 1. The maximum atomic E-state index is 12.2. The van der Waals surface area contributed by atoms with Gasteiger partial charge in [0.25, 0.3) is 5.91 Å². The molecule has 0 fully saturated rings. The van der Waals surface area contributed by atoms with E-state index in [1.165, 1.54) is 0 Å². The normalized spacial score (nSPS) is 13.2. The van der Waals surface area contributed by atoms with Crippen LogP contribution in [0, 0.1) is 0 Å². The number of anilines is 1. The smallest absolute Gasteiger partial charge is 0.421 e. The van der Waals surface area contributed by atoms with Crippen molar-refractivity contribution in [1.29, 1.82) is 0 Å². The van der Waals surface area contributed by atoms with Gasteiger partial charge in [-0.3, -0.25) is 4.79 Å². The molecule has 1 aliphatic rings. The molecule has 0 aromatic heterocycles. The molecule has 2 aromatic rings. The van der Waals surface area contributed by atoms with Crippen molar-refractivity contribution in [1.82, 2.24) is 0 Å². The van der Waals surface area contributed by atoms with Gasteiger partial charge in [0.2, 0.25) is 0 Å². The van der Waals surface area contributed by atoms with Crippen molar-refractivity contribution in [3.8, 4) is 0 Å². The highest BCUT2D eigenvalue weighted by molar-refractivity contribution is 6.38. The monoisotopic (exact) mass is 279 g/mol. The molecule has 0 N–H and O–H groups in total. The summed E-state index contributed by atoms with van der Waals surface area (Å²) < 4.78 is 5.21. The summed E-state index contributed by atoms with van der Waals surface area (Å²) in [4.78, 5) is 25.3. The highest BCUT2D eigenvalue weighted by Gasteiger charge is 2.36. The molecule has 3 rings (SSSR count). The number of nitrogens with zero attached hydrogens (tertiary/aromatic N) is 1. The highest BCUT2D eigenvalue weighted by Crippen LogP contribution is 2.35. The molecule has 0 atom stereocenters. The fourth-order valence-corrected chi connectivity index (χ4v) is 2.25. The molecule has 0 saturated carbocycles. The Hall–Kier alpha value is -2.88. The molecule has 21 heavy (non-hydrogen) atoms. The first-order chi connectivity index (χ1) is 10.2. The third-order valence-electron chi connectivity index (χ3n) is 3.32. The quantitative estimate of drug-likeness (QED) is 0.792. The molecule has 4 nitrogen and oxygen atoms in total. The summed E-state index contributed by atoms with van der Waals surface area (Å²) in [5.41, 5.74) is 2.36. The van der Waals surface area contributed by atoms with Crippen LogP contribution in [0.4, 0.5) is 10.5 Å². The van der Waals surface area contributed by atoms with E-state index in [-0.39, 0.29) is 6.61 Å². The van der Waals surface area contributed by atoms with E-state index in [1.807, 2.05) is 30.3 Å². The minimum Gasteiger partial charge on any atom is -0.444 e. The van der Waals surface area contributed by atoms with Gasteiger partial charge < -0.3 is 4.74 Å². The van der Waals surface area contributed by atoms with E-state index in [2.05, 4.69) is 6.58 Å². The average molecular weight is 279 g/mol. The summed E-state index contributed by atoms with van der Waals surface area (Å²) in [5.74, 6) is -0.436. The Bertz CT molecular complexity index is 722. The third-order valence-corrected chi connectivity index (χ3v) is 3.32.